The fraction of sp³-hybridized carbons (Fsp3) is 0.294. The Morgan fingerprint density at radius 3 is 2.58 bits per heavy atom. The molecule has 136 valence electrons. The molecule has 0 aliphatic carbocycles. The van der Waals surface area contributed by atoms with E-state index in [1.165, 1.54) is 12.1 Å². The molecule has 0 radical (unpaired) electrons. The monoisotopic (exact) mass is 359 g/mol. The van der Waals surface area contributed by atoms with Crippen LogP contribution in [-0.2, 0) is 16.1 Å². The highest BCUT2D eigenvalue weighted by molar-refractivity contribution is 6.05. The molecule has 1 aliphatic rings. The molecule has 8 nitrogen and oxygen atoms in total. The third kappa shape index (κ3) is 3.56. The van der Waals surface area contributed by atoms with Crippen molar-refractivity contribution < 1.29 is 18.8 Å². The van der Waals surface area contributed by atoms with E-state index in [1.54, 1.807) is 16.8 Å². The van der Waals surface area contributed by atoms with Gasteiger partial charge in [-0.15, -0.1) is 0 Å². The van der Waals surface area contributed by atoms with Crippen LogP contribution >= 0.6 is 0 Å². The van der Waals surface area contributed by atoms with Crippen LogP contribution in [0.2, 0.25) is 0 Å². The largest absolute Gasteiger partial charge is 0.352 e. The number of carbonyl (C=O) groups excluding carboxylic acids is 3. The fourth-order valence-electron chi connectivity index (χ4n) is 2.81. The first-order valence-electron chi connectivity index (χ1n) is 8.04. The molecule has 2 heterocycles. The highest BCUT2D eigenvalue weighted by Gasteiger charge is 2.31. The van der Waals surface area contributed by atoms with E-state index in [2.05, 4.69) is 21.0 Å². The molecule has 1 atom stereocenters. The maximum absolute atomic E-state index is 13.1. The number of hydrogen-bond acceptors (Lipinski definition) is 4. The zero-order valence-electron chi connectivity index (χ0n) is 14.3. The van der Waals surface area contributed by atoms with Gasteiger partial charge in [-0.3, -0.25) is 14.9 Å². The molecular weight excluding hydrogens is 341 g/mol. The molecular formula is C17H18FN5O3. The molecule has 4 amide bonds. The topological polar surface area (TPSA) is 105 Å². The Bertz CT molecular complexity index is 875. The van der Waals surface area contributed by atoms with Gasteiger partial charge in [0, 0.05) is 17.8 Å². The molecule has 0 unspecified atom stereocenters. The van der Waals surface area contributed by atoms with Crippen LogP contribution in [0.15, 0.2) is 24.3 Å². The van der Waals surface area contributed by atoms with Crippen molar-refractivity contribution in [3.63, 3.8) is 0 Å². The van der Waals surface area contributed by atoms with Gasteiger partial charge in [0.1, 0.15) is 11.9 Å². The van der Waals surface area contributed by atoms with Gasteiger partial charge in [0.05, 0.1) is 17.8 Å². The SMILES string of the molecule is Cc1nn(-c2ccc(F)cc2)c(C)c1CNC(=O)C[C@H]1NC(=O)NC1=O. The molecule has 0 spiro atoms. The van der Waals surface area contributed by atoms with Gasteiger partial charge in [-0.1, -0.05) is 0 Å². The lowest BCUT2D eigenvalue weighted by molar-refractivity contribution is -0.126. The molecule has 0 bridgehead atoms. The Balaban J connectivity index is 1.67. The number of nitrogens with zero attached hydrogens (tertiary/aromatic N) is 2. The lowest BCUT2D eigenvalue weighted by atomic mass is 10.1. The first-order valence-corrected chi connectivity index (χ1v) is 8.04. The average molecular weight is 359 g/mol. The minimum absolute atomic E-state index is 0.137. The van der Waals surface area contributed by atoms with Crippen molar-refractivity contribution in [2.45, 2.75) is 32.9 Å². The van der Waals surface area contributed by atoms with Gasteiger partial charge >= 0.3 is 6.03 Å². The van der Waals surface area contributed by atoms with Crippen LogP contribution in [0.3, 0.4) is 0 Å². The third-order valence-electron chi connectivity index (χ3n) is 4.22. The van der Waals surface area contributed by atoms with E-state index in [0.29, 0.717) is 0 Å². The van der Waals surface area contributed by atoms with Gasteiger partial charge in [-0.25, -0.2) is 13.9 Å². The zero-order chi connectivity index (χ0) is 18.8. The van der Waals surface area contributed by atoms with Crippen LogP contribution in [0.4, 0.5) is 9.18 Å². The highest BCUT2D eigenvalue weighted by Crippen LogP contribution is 2.18. The number of amides is 4. The average Bonchev–Trinajstić information content (AvgIpc) is 3.05. The third-order valence-corrected chi connectivity index (χ3v) is 4.22. The fourth-order valence-corrected chi connectivity index (χ4v) is 2.81. The molecule has 1 aromatic heterocycles. The number of carbonyl (C=O) groups is 3. The molecule has 0 saturated carbocycles. The van der Waals surface area contributed by atoms with Gasteiger partial charge in [-0.05, 0) is 38.1 Å². The number of imide groups is 1. The zero-order valence-corrected chi connectivity index (χ0v) is 14.3. The van der Waals surface area contributed by atoms with Crippen LogP contribution in [0.5, 0.6) is 0 Å². The van der Waals surface area contributed by atoms with E-state index in [0.717, 1.165) is 22.6 Å². The van der Waals surface area contributed by atoms with E-state index >= 15 is 0 Å². The van der Waals surface area contributed by atoms with Crippen LogP contribution < -0.4 is 16.0 Å². The number of aryl methyl sites for hydroxylation is 1. The smallest absolute Gasteiger partial charge is 0.322 e. The van der Waals surface area contributed by atoms with Gasteiger partial charge in [0.2, 0.25) is 5.91 Å². The Kier molecular flexibility index (Phi) is 4.70. The van der Waals surface area contributed by atoms with Crippen LogP contribution in [0.1, 0.15) is 23.4 Å². The van der Waals surface area contributed by atoms with Crippen molar-refractivity contribution in [2.75, 3.05) is 0 Å². The van der Waals surface area contributed by atoms with Crippen LogP contribution in [0.25, 0.3) is 5.69 Å². The number of nitrogens with one attached hydrogen (secondary N) is 3. The molecule has 3 N–H and O–H groups in total. The first kappa shape index (κ1) is 17.6. The van der Waals surface area contributed by atoms with Crippen molar-refractivity contribution in [1.82, 2.24) is 25.7 Å². The molecule has 1 aromatic carbocycles. The van der Waals surface area contributed by atoms with E-state index in [9.17, 15) is 18.8 Å². The summed E-state index contributed by atoms with van der Waals surface area (Å²) in [5.74, 6) is -1.20. The standard InChI is InChI=1S/C17H18FN5O3/c1-9-13(8-19-15(24)7-14-16(25)21-17(26)20-14)10(2)23(22-9)12-5-3-11(18)4-6-12/h3-6,14H,7-8H2,1-2H3,(H,19,24)(H2,20,21,25,26)/t14-/m1/s1. The second-order valence-electron chi connectivity index (χ2n) is 6.03. The maximum atomic E-state index is 13.1. The summed E-state index contributed by atoms with van der Waals surface area (Å²) in [5.41, 5.74) is 3.11. The summed E-state index contributed by atoms with van der Waals surface area (Å²) in [5, 5.41) is 11.6. The summed E-state index contributed by atoms with van der Waals surface area (Å²) < 4.78 is 14.8. The minimum Gasteiger partial charge on any atom is -0.352 e. The normalized spacial score (nSPS) is 16.3. The Morgan fingerprint density at radius 1 is 1.27 bits per heavy atom. The number of aromatic nitrogens is 2. The van der Waals surface area contributed by atoms with Gasteiger partial charge in [0.25, 0.3) is 5.91 Å². The van der Waals surface area contributed by atoms with E-state index in [4.69, 9.17) is 0 Å². The predicted octanol–water partition coefficient (Wildman–Crippen LogP) is 0.843. The van der Waals surface area contributed by atoms with E-state index in [1.807, 2.05) is 13.8 Å². The maximum Gasteiger partial charge on any atom is 0.322 e. The molecule has 1 aliphatic heterocycles. The predicted molar refractivity (Wildman–Crippen MR) is 89.9 cm³/mol. The summed E-state index contributed by atoms with van der Waals surface area (Å²) in [6.07, 6.45) is -0.137. The van der Waals surface area contributed by atoms with Crippen molar-refractivity contribution in [1.29, 1.82) is 0 Å². The number of benzene rings is 1. The van der Waals surface area contributed by atoms with Gasteiger partial charge in [0.15, 0.2) is 0 Å². The molecule has 9 heteroatoms. The second kappa shape index (κ2) is 6.95. The summed E-state index contributed by atoms with van der Waals surface area (Å²) in [4.78, 5) is 34.6. The van der Waals surface area contributed by atoms with E-state index < -0.39 is 18.0 Å². The summed E-state index contributed by atoms with van der Waals surface area (Å²) in [6, 6.07) is 4.51. The molecule has 26 heavy (non-hydrogen) atoms. The molecule has 1 fully saturated rings. The lowest BCUT2D eigenvalue weighted by Gasteiger charge is -2.09. The van der Waals surface area contributed by atoms with E-state index in [-0.39, 0.29) is 24.7 Å². The number of rotatable bonds is 5. The van der Waals surface area contributed by atoms with Gasteiger partial charge in [-0.2, -0.15) is 5.10 Å². The molecule has 2 aromatic rings. The van der Waals surface area contributed by atoms with Crippen molar-refractivity contribution in [2.24, 2.45) is 0 Å². The Labute approximate surface area is 148 Å². The number of halogens is 1. The number of urea groups is 1. The van der Waals surface area contributed by atoms with Crippen molar-refractivity contribution in [3.05, 3.63) is 47.0 Å². The Hall–Kier alpha value is -3.23. The van der Waals surface area contributed by atoms with Crippen molar-refractivity contribution >= 4 is 17.8 Å². The van der Waals surface area contributed by atoms with Gasteiger partial charge < -0.3 is 10.6 Å². The summed E-state index contributed by atoms with van der Waals surface area (Å²) in [7, 11) is 0. The van der Waals surface area contributed by atoms with Crippen LogP contribution in [0, 0.1) is 19.7 Å². The molecule has 3 rings (SSSR count). The summed E-state index contributed by atoms with van der Waals surface area (Å²) in [6.45, 7) is 3.91. The Morgan fingerprint density at radius 2 is 1.96 bits per heavy atom. The number of hydrogen-bond donors (Lipinski definition) is 3. The van der Waals surface area contributed by atoms with Crippen molar-refractivity contribution in [3.8, 4) is 5.69 Å². The highest BCUT2D eigenvalue weighted by atomic mass is 19.1. The summed E-state index contributed by atoms with van der Waals surface area (Å²) >= 11 is 0. The lowest BCUT2D eigenvalue weighted by Crippen LogP contribution is -2.36. The minimum atomic E-state index is -0.855. The quantitative estimate of drug-likeness (QED) is 0.688. The second-order valence-corrected chi connectivity index (χ2v) is 6.03. The molecule has 1 saturated heterocycles. The van der Waals surface area contributed by atoms with Crippen LogP contribution in [-0.4, -0.2) is 33.7 Å². The first-order chi connectivity index (χ1) is 12.3.